The van der Waals surface area contributed by atoms with E-state index < -0.39 is 0 Å². The zero-order valence-corrected chi connectivity index (χ0v) is 13.0. The van der Waals surface area contributed by atoms with Crippen LogP contribution >= 0.6 is 23.4 Å². The average Bonchev–Trinajstić information content (AvgIpc) is 2.56. The second-order valence-corrected chi connectivity index (χ2v) is 5.71. The molecule has 0 N–H and O–H groups in total. The number of rotatable bonds is 3. The molecular formula is C17H13ClN2S. The number of aromatic nitrogens is 2. The molecule has 0 unspecified atom stereocenters. The van der Waals surface area contributed by atoms with E-state index in [0.29, 0.717) is 0 Å². The van der Waals surface area contributed by atoms with Crippen LogP contribution in [0.5, 0.6) is 0 Å². The van der Waals surface area contributed by atoms with Gasteiger partial charge in [-0.2, -0.15) is 0 Å². The summed E-state index contributed by atoms with van der Waals surface area (Å²) in [7, 11) is 0. The first-order chi connectivity index (χ1) is 10.3. The van der Waals surface area contributed by atoms with Gasteiger partial charge in [0.05, 0.1) is 11.4 Å². The highest BCUT2D eigenvalue weighted by Crippen LogP contribution is 2.26. The molecule has 0 atom stereocenters. The van der Waals surface area contributed by atoms with E-state index in [1.807, 2.05) is 54.8 Å². The van der Waals surface area contributed by atoms with Crippen molar-refractivity contribution in [1.82, 2.24) is 9.97 Å². The monoisotopic (exact) mass is 312 g/mol. The number of nitrogens with zero attached hydrogens (tertiary/aromatic N) is 2. The van der Waals surface area contributed by atoms with Crippen LogP contribution in [0.2, 0.25) is 5.02 Å². The highest BCUT2D eigenvalue weighted by molar-refractivity contribution is 7.98. The molecule has 2 aromatic carbocycles. The molecule has 0 saturated carbocycles. The van der Waals surface area contributed by atoms with Gasteiger partial charge in [0, 0.05) is 16.1 Å². The second-order valence-electron chi connectivity index (χ2n) is 4.50. The first kappa shape index (κ1) is 14.1. The number of benzene rings is 2. The van der Waals surface area contributed by atoms with Gasteiger partial charge in [-0.1, -0.05) is 65.8 Å². The summed E-state index contributed by atoms with van der Waals surface area (Å²) >= 11 is 7.49. The van der Waals surface area contributed by atoms with E-state index in [-0.39, 0.29) is 0 Å². The summed E-state index contributed by atoms with van der Waals surface area (Å²) in [6.07, 6.45) is 1.98. The molecule has 2 nitrogen and oxygen atoms in total. The Hall–Kier alpha value is -1.84. The van der Waals surface area contributed by atoms with Crippen molar-refractivity contribution in [2.24, 2.45) is 0 Å². The van der Waals surface area contributed by atoms with Crippen LogP contribution in [0.25, 0.3) is 22.5 Å². The number of halogens is 1. The predicted molar refractivity (Wildman–Crippen MR) is 89.7 cm³/mol. The summed E-state index contributed by atoms with van der Waals surface area (Å²) in [5.74, 6) is 0. The number of hydrogen-bond acceptors (Lipinski definition) is 3. The van der Waals surface area contributed by atoms with Gasteiger partial charge >= 0.3 is 0 Å². The molecule has 0 bridgehead atoms. The molecular weight excluding hydrogens is 300 g/mol. The fraction of sp³-hybridized carbons (Fsp3) is 0.0588. The van der Waals surface area contributed by atoms with Crippen molar-refractivity contribution >= 4 is 23.4 Å². The van der Waals surface area contributed by atoms with Gasteiger partial charge in [0.1, 0.15) is 0 Å². The zero-order valence-electron chi connectivity index (χ0n) is 11.5. The maximum Gasteiger partial charge on any atom is 0.188 e. The highest BCUT2D eigenvalue weighted by atomic mass is 35.5. The minimum absolute atomic E-state index is 0.723. The molecule has 0 aliphatic heterocycles. The van der Waals surface area contributed by atoms with Crippen LogP contribution in [0.4, 0.5) is 0 Å². The molecule has 21 heavy (non-hydrogen) atoms. The summed E-state index contributed by atoms with van der Waals surface area (Å²) in [5, 5.41) is 1.49. The second kappa shape index (κ2) is 6.29. The number of hydrogen-bond donors (Lipinski definition) is 0. The third-order valence-electron chi connectivity index (χ3n) is 3.10. The summed E-state index contributed by atoms with van der Waals surface area (Å²) in [4.78, 5) is 9.18. The third kappa shape index (κ3) is 3.26. The van der Waals surface area contributed by atoms with Crippen molar-refractivity contribution in [3.8, 4) is 22.5 Å². The Bertz CT molecular complexity index is 742. The lowest BCUT2D eigenvalue weighted by molar-refractivity contribution is 0.982. The van der Waals surface area contributed by atoms with Crippen LogP contribution in [0.3, 0.4) is 0 Å². The van der Waals surface area contributed by atoms with Crippen molar-refractivity contribution < 1.29 is 0 Å². The highest BCUT2D eigenvalue weighted by Gasteiger charge is 2.08. The Morgan fingerprint density at radius 3 is 1.95 bits per heavy atom. The van der Waals surface area contributed by atoms with Crippen LogP contribution in [-0.4, -0.2) is 16.2 Å². The predicted octanol–water partition coefficient (Wildman–Crippen LogP) is 5.19. The molecule has 3 aromatic rings. The number of thioether (sulfide) groups is 1. The molecule has 0 saturated heterocycles. The van der Waals surface area contributed by atoms with Gasteiger partial charge in [0.2, 0.25) is 0 Å². The van der Waals surface area contributed by atoms with Gasteiger partial charge in [-0.05, 0) is 24.5 Å². The van der Waals surface area contributed by atoms with E-state index in [1.165, 1.54) is 0 Å². The lowest BCUT2D eigenvalue weighted by atomic mass is 10.1. The Labute approximate surface area is 133 Å². The molecule has 0 amide bonds. The summed E-state index contributed by atoms with van der Waals surface area (Å²) in [6, 6.07) is 19.8. The molecule has 0 radical (unpaired) electrons. The first-order valence-corrected chi connectivity index (χ1v) is 8.11. The molecule has 0 fully saturated rings. The molecule has 0 aliphatic carbocycles. The summed E-state index contributed by atoms with van der Waals surface area (Å²) in [5.41, 5.74) is 3.96. The van der Waals surface area contributed by atoms with E-state index in [4.69, 9.17) is 11.6 Å². The standard InChI is InChI=1S/C17H13ClN2S/c1-21-17-19-15(12-5-3-2-4-6-12)11-16(20-17)13-7-9-14(18)10-8-13/h2-11H,1H3. The minimum Gasteiger partial charge on any atom is -0.222 e. The lowest BCUT2D eigenvalue weighted by Crippen LogP contribution is -1.93. The van der Waals surface area contributed by atoms with Crippen molar-refractivity contribution in [3.63, 3.8) is 0 Å². The van der Waals surface area contributed by atoms with Gasteiger partial charge in [0.25, 0.3) is 0 Å². The average molecular weight is 313 g/mol. The molecule has 3 rings (SSSR count). The third-order valence-corrected chi connectivity index (χ3v) is 3.90. The normalized spacial score (nSPS) is 10.6. The summed E-state index contributed by atoms with van der Waals surface area (Å²) in [6.45, 7) is 0. The molecule has 1 heterocycles. The zero-order chi connectivity index (χ0) is 14.7. The Morgan fingerprint density at radius 2 is 1.38 bits per heavy atom. The smallest absolute Gasteiger partial charge is 0.188 e. The molecule has 0 spiro atoms. The lowest BCUT2D eigenvalue weighted by Gasteiger charge is -2.07. The molecule has 1 aromatic heterocycles. The fourth-order valence-corrected chi connectivity index (χ4v) is 2.55. The maximum absolute atomic E-state index is 5.95. The van der Waals surface area contributed by atoms with E-state index in [1.54, 1.807) is 11.8 Å². The SMILES string of the molecule is CSc1nc(-c2ccccc2)cc(-c2ccc(Cl)cc2)n1. The van der Waals surface area contributed by atoms with Gasteiger partial charge in [-0.15, -0.1) is 0 Å². The van der Waals surface area contributed by atoms with Crippen LogP contribution in [0.15, 0.2) is 65.8 Å². The van der Waals surface area contributed by atoms with Crippen LogP contribution in [-0.2, 0) is 0 Å². The summed E-state index contributed by atoms with van der Waals surface area (Å²) < 4.78 is 0. The largest absolute Gasteiger partial charge is 0.222 e. The minimum atomic E-state index is 0.723. The molecule has 104 valence electrons. The van der Waals surface area contributed by atoms with E-state index in [0.717, 1.165) is 32.7 Å². The van der Waals surface area contributed by atoms with Crippen molar-refractivity contribution in [2.45, 2.75) is 5.16 Å². The van der Waals surface area contributed by atoms with Crippen LogP contribution < -0.4 is 0 Å². The van der Waals surface area contributed by atoms with E-state index in [9.17, 15) is 0 Å². The van der Waals surface area contributed by atoms with Crippen LogP contribution in [0.1, 0.15) is 0 Å². The Balaban J connectivity index is 2.11. The van der Waals surface area contributed by atoms with Crippen LogP contribution in [0, 0.1) is 0 Å². The molecule has 0 aliphatic rings. The van der Waals surface area contributed by atoms with Gasteiger partial charge in [0.15, 0.2) is 5.16 Å². The van der Waals surface area contributed by atoms with Crippen molar-refractivity contribution in [3.05, 3.63) is 65.7 Å². The van der Waals surface area contributed by atoms with Crippen molar-refractivity contribution in [1.29, 1.82) is 0 Å². The maximum atomic E-state index is 5.95. The van der Waals surface area contributed by atoms with Gasteiger partial charge in [-0.25, -0.2) is 9.97 Å². The van der Waals surface area contributed by atoms with E-state index >= 15 is 0 Å². The fourth-order valence-electron chi connectivity index (χ4n) is 2.04. The Kier molecular flexibility index (Phi) is 4.23. The van der Waals surface area contributed by atoms with Crippen molar-refractivity contribution in [2.75, 3.05) is 6.26 Å². The molecule has 4 heteroatoms. The van der Waals surface area contributed by atoms with Gasteiger partial charge in [-0.3, -0.25) is 0 Å². The van der Waals surface area contributed by atoms with Gasteiger partial charge < -0.3 is 0 Å². The van der Waals surface area contributed by atoms with E-state index in [2.05, 4.69) is 22.1 Å². The topological polar surface area (TPSA) is 25.8 Å². The first-order valence-electron chi connectivity index (χ1n) is 6.51. The quantitative estimate of drug-likeness (QED) is 0.492. The Morgan fingerprint density at radius 1 is 0.810 bits per heavy atom.